The first-order valence-electron chi connectivity index (χ1n) is 31.7. The number of rotatable bonds is 35. The Morgan fingerprint density at radius 3 is 0.612 bits per heavy atom. The Labute approximate surface area is 574 Å². The summed E-state index contributed by atoms with van der Waals surface area (Å²) in [6.07, 6.45) is -11.3. The SMILES string of the molecule is C.CC(C)P(=O)(O)OC[C@H]1O[C@@H](C)C[C@@H]1OP(=O)(O)C(C)C.CC(C)P(=O)(O)OC[C@H]1O[C@@H](C)C[C@@H]1OP(=O)(O)OC[C@H]1O[C@@H](C)C[C@@H]1OP(=O)(O)C(C)C.CC(C)P(=O)(O)O[C@H]1C[C@H](C)O[C@@H]1COP(=O)(O)O[C@H]1C[C@H](C)O[C@@H]1COP(=O)(O)O[C@H]1C[C@H](C)O[C@@H]1COP(=O)(O)O. The predicted molar refractivity (Wildman–Crippen MR) is 352 cm³/mol. The lowest BCUT2D eigenvalue weighted by atomic mass is 10.1. The standard InChI is InChI=1S/C21H42O18P4.C18H37O12P3.C12H26O7P2.CH4/c1-12(2)40(22,23)37-16-6-13(3)35-20(16)10-32-42(27,28)39-18-8-15(5)36-21(18)11-33-43(29,30)38-17-7-14(4)34-19(17)9-31-41(24,25)26;1-11(2)31(19,20)25-9-17-16(8-14(6)27-17)30-33(23,24)26-10-18-15(7-13(5)28-18)29-32(21,22)12(3)4;1-8(2)20(13,14)17-7-12-11(6-10(5)18-12)19-21(15,16)9(3)4;/h12-21H,6-11H2,1-5H3,(H,22,23)(H,27,28)(H,29,30)(H2,24,25,26);11-18H,7-10H2,1-6H3,(H,19,20)(H,21,22)(H,23,24);8-12H,6-7H2,1-5H3,(H,13,14)(H,15,16);1H4/t13-,14-,15-,16-,17-,18-,19+,20+,21+;13-,14-,15-,16-,17+,18+;10-,11-,12+;/m000./s1. The van der Waals surface area contributed by atoms with E-state index in [0.29, 0.717) is 12.8 Å². The molecule has 26 atom stereocenters. The molecule has 6 aliphatic rings. The van der Waals surface area contributed by atoms with Crippen LogP contribution in [0.1, 0.15) is 157 Å². The van der Waals surface area contributed by atoms with Gasteiger partial charge in [0.1, 0.15) is 54.9 Å². The first kappa shape index (κ1) is 93.2. The van der Waals surface area contributed by atoms with Crippen LogP contribution in [0.25, 0.3) is 0 Å². The van der Waals surface area contributed by atoms with Crippen LogP contribution in [-0.4, -0.2) is 227 Å². The van der Waals surface area contributed by atoms with Crippen molar-refractivity contribution >= 4 is 69.3 Å². The van der Waals surface area contributed by atoms with Gasteiger partial charge in [0.05, 0.1) is 123 Å². The Morgan fingerprint density at radius 2 is 0.439 bits per heavy atom. The zero-order valence-electron chi connectivity index (χ0n) is 57.3. The molecular formula is C52H109O37P9. The van der Waals surface area contributed by atoms with Crippen LogP contribution in [0.4, 0.5) is 0 Å². The van der Waals surface area contributed by atoms with E-state index in [1.807, 2.05) is 6.92 Å². The second kappa shape index (κ2) is 38.8. The number of hydrogen-bond acceptors (Lipinski definition) is 27. The summed E-state index contributed by atoms with van der Waals surface area (Å²) in [6.45, 7) is 23.4. The molecule has 584 valence electrons. The van der Waals surface area contributed by atoms with Gasteiger partial charge >= 0.3 is 69.3 Å². The Bertz CT molecular complexity index is 2920. The molecule has 6 fully saturated rings. The summed E-state index contributed by atoms with van der Waals surface area (Å²) in [5, 5.41) is 0. The zero-order chi connectivity index (χ0) is 74.0. The van der Waals surface area contributed by atoms with E-state index < -0.39 is 209 Å². The van der Waals surface area contributed by atoms with Crippen LogP contribution in [0.2, 0.25) is 0 Å². The molecule has 0 aromatic carbocycles. The molecule has 0 aromatic rings. The molecule has 0 saturated carbocycles. The van der Waals surface area contributed by atoms with Crippen LogP contribution in [0.15, 0.2) is 0 Å². The molecule has 98 heavy (non-hydrogen) atoms. The van der Waals surface area contributed by atoms with E-state index in [-0.39, 0.29) is 70.7 Å². The maximum atomic E-state index is 12.8. The van der Waals surface area contributed by atoms with E-state index >= 15 is 0 Å². The van der Waals surface area contributed by atoms with Crippen LogP contribution in [-0.2, 0) is 124 Å². The Morgan fingerprint density at radius 1 is 0.276 bits per heavy atom. The van der Waals surface area contributed by atoms with Crippen molar-refractivity contribution in [2.45, 2.75) is 295 Å². The molecule has 8 unspecified atom stereocenters. The normalized spacial score (nSPS) is 35.7. The minimum atomic E-state index is -4.82. The molecule has 0 radical (unpaired) electrons. The van der Waals surface area contributed by atoms with E-state index in [2.05, 4.69) is 4.52 Å². The zero-order valence-corrected chi connectivity index (χ0v) is 65.3. The summed E-state index contributed by atoms with van der Waals surface area (Å²) >= 11 is 0. The van der Waals surface area contributed by atoms with Crippen molar-refractivity contribution in [2.24, 2.45) is 0 Å². The van der Waals surface area contributed by atoms with Crippen LogP contribution in [0.5, 0.6) is 0 Å². The van der Waals surface area contributed by atoms with Crippen molar-refractivity contribution in [2.75, 3.05) is 39.6 Å². The van der Waals surface area contributed by atoms with Gasteiger partial charge in [-0.2, -0.15) is 0 Å². The van der Waals surface area contributed by atoms with E-state index in [1.54, 1.807) is 90.0 Å². The summed E-state index contributed by atoms with van der Waals surface area (Å²) in [4.78, 5) is 98.2. The molecule has 37 nitrogen and oxygen atoms in total. The second-order valence-corrected chi connectivity index (χ2v) is 43.6. The third-order valence-corrected chi connectivity index (χ3v) is 28.5. The van der Waals surface area contributed by atoms with Crippen LogP contribution in [0.3, 0.4) is 0 Å². The van der Waals surface area contributed by atoms with Crippen molar-refractivity contribution < 1.29 is 173 Å². The van der Waals surface area contributed by atoms with Crippen LogP contribution in [0, 0.1) is 0 Å². The van der Waals surface area contributed by atoms with Crippen molar-refractivity contribution in [3.63, 3.8) is 0 Å². The highest BCUT2D eigenvalue weighted by Gasteiger charge is 2.49. The quantitative estimate of drug-likeness (QED) is 0.0264. The molecule has 10 N–H and O–H groups in total. The topological polar surface area (TPSA) is 522 Å². The summed E-state index contributed by atoms with van der Waals surface area (Å²) in [5.41, 5.74) is -2.93. The van der Waals surface area contributed by atoms with Crippen LogP contribution >= 0.6 is 69.3 Å². The van der Waals surface area contributed by atoms with E-state index in [1.165, 1.54) is 13.8 Å². The first-order valence-corrected chi connectivity index (χ1v) is 45.9. The van der Waals surface area contributed by atoms with Gasteiger partial charge in [0.25, 0.3) is 0 Å². The fourth-order valence-corrected chi connectivity index (χ4v) is 17.1. The number of ether oxygens (including phenoxy) is 6. The molecule has 0 bridgehead atoms. The summed E-state index contributed by atoms with van der Waals surface area (Å²) in [6, 6.07) is 0. The lowest BCUT2D eigenvalue weighted by molar-refractivity contribution is -0.0399. The highest BCUT2D eigenvalue weighted by atomic mass is 31.2. The number of hydrogen-bond donors (Lipinski definition) is 10. The second-order valence-electron chi connectivity index (χ2n) is 26.1. The molecule has 0 spiro atoms. The average molecular weight is 1610 g/mol. The molecule has 0 aromatic heterocycles. The molecule has 6 rings (SSSR count). The van der Waals surface area contributed by atoms with E-state index in [0.717, 1.165) is 0 Å². The first-order chi connectivity index (χ1) is 44.1. The highest BCUT2D eigenvalue weighted by molar-refractivity contribution is 7.54. The van der Waals surface area contributed by atoms with Gasteiger partial charge in [-0.15, -0.1) is 0 Å². The lowest BCUT2D eigenvalue weighted by Crippen LogP contribution is -2.31. The minimum absolute atomic E-state index is 0. The summed E-state index contributed by atoms with van der Waals surface area (Å²) < 4.78 is 205. The summed E-state index contributed by atoms with van der Waals surface area (Å²) in [5.74, 6) is 0. The van der Waals surface area contributed by atoms with Crippen LogP contribution < -0.4 is 0 Å². The maximum absolute atomic E-state index is 12.8. The third kappa shape index (κ3) is 31.3. The number of phosphoric ester groups is 4. The predicted octanol–water partition coefficient (Wildman–Crippen LogP) is 9.43. The van der Waals surface area contributed by atoms with Crippen molar-refractivity contribution in [3.8, 4) is 0 Å². The van der Waals surface area contributed by atoms with E-state index in [4.69, 9.17) is 88.0 Å². The van der Waals surface area contributed by atoms with Gasteiger partial charge in [-0.3, -0.25) is 54.5 Å². The summed E-state index contributed by atoms with van der Waals surface area (Å²) in [7, 11) is -38.1. The highest BCUT2D eigenvalue weighted by Crippen LogP contribution is 2.57. The molecule has 0 aliphatic carbocycles. The number of phosphoric acid groups is 4. The largest absolute Gasteiger partial charge is 0.472 e. The molecule has 0 amide bonds. The molecule has 6 aliphatic heterocycles. The molecule has 6 saturated heterocycles. The van der Waals surface area contributed by atoms with Crippen molar-refractivity contribution in [3.05, 3.63) is 0 Å². The van der Waals surface area contributed by atoms with Gasteiger partial charge in [0.15, 0.2) is 0 Å². The molecule has 46 heteroatoms. The fourth-order valence-electron chi connectivity index (χ4n) is 9.95. The van der Waals surface area contributed by atoms with Crippen molar-refractivity contribution in [1.82, 2.24) is 0 Å². The smallest absolute Gasteiger partial charge is 0.370 e. The van der Waals surface area contributed by atoms with Gasteiger partial charge in [0, 0.05) is 38.5 Å². The minimum Gasteiger partial charge on any atom is -0.370 e. The lowest BCUT2D eigenvalue weighted by Gasteiger charge is -2.26. The van der Waals surface area contributed by atoms with Gasteiger partial charge in [-0.05, 0) is 41.5 Å². The Kier molecular flexibility index (Phi) is 36.9. The van der Waals surface area contributed by atoms with Gasteiger partial charge in [0.2, 0.25) is 0 Å². The van der Waals surface area contributed by atoms with E-state index in [9.17, 15) is 80.2 Å². The monoisotopic (exact) mass is 1600 g/mol. The maximum Gasteiger partial charge on any atom is 0.472 e. The molecule has 6 heterocycles. The Balaban J connectivity index is 0.000000403. The third-order valence-electron chi connectivity index (χ3n) is 15.7. The molecular weight excluding hydrogens is 1500 g/mol. The van der Waals surface area contributed by atoms with Crippen molar-refractivity contribution in [1.29, 1.82) is 0 Å². The Hall–Kier alpha value is 0.950. The average Bonchev–Trinajstić information content (AvgIpc) is 1.68. The fraction of sp³-hybridized carbons (Fsp3) is 1.00. The van der Waals surface area contributed by atoms with Gasteiger partial charge < -0.3 is 100.0 Å². The van der Waals surface area contributed by atoms with Gasteiger partial charge in [-0.25, -0.2) is 18.3 Å². The van der Waals surface area contributed by atoms with Gasteiger partial charge in [-0.1, -0.05) is 76.7 Å².